The van der Waals surface area contributed by atoms with Crippen molar-refractivity contribution >= 4 is 11.8 Å². The minimum Gasteiger partial charge on any atom is -0.342 e. The molecule has 2 fully saturated rings. The highest BCUT2D eigenvalue weighted by molar-refractivity contribution is 5.89. The molecule has 2 aromatic rings. The molecule has 1 atom stereocenters. The molecule has 7 heteroatoms. The Morgan fingerprint density at radius 2 is 2.07 bits per heavy atom. The van der Waals surface area contributed by atoms with E-state index in [0.717, 1.165) is 37.3 Å². The third-order valence-electron chi connectivity index (χ3n) is 5.69. The van der Waals surface area contributed by atoms with Gasteiger partial charge in [-0.3, -0.25) is 14.6 Å². The standard InChI is InChI=1S/C20H25N5O2/c1-23-10-7-22-19(23)16-4-8-24(9-5-16)20(27)17-11-18(26)25(14-17)13-15-3-2-6-21-12-15/h2-3,6-7,10,12,16-17H,4-5,8-9,11,13-14H2,1H3/t17-/m0/s1. The number of pyridine rings is 1. The maximum absolute atomic E-state index is 12.9. The fraction of sp³-hybridized carbons (Fsp3) is 0.500. The van der Waals surface area contributed by atoms with Crippen molar-refractivity contribution in [3.05, 3.63) is 48.3 Å². The zero-order valence-corrected chi connectivity index (χ0v) is 15.6. The fourth-order valence-corrected chi connectivity index (χ4v) is 4.19. The summed E-state index contributed by atoms with van der Waals surface area (Å²) in [6, 6.07) is 3.82. The fourth-order valence-electron chi connectivity index (χ4n) is 4.19. The number of aryl methyl sites for hydroxylation is 1. The van der Waals surface area contributed by atoms with Gasteiger partial charge in [-0.25, -0.2) is 4.98 Å². The first kappa shape index (κ1) is 17.7. The van der Waals surface area contributed by atoms with E-state index in [9.17, 15) is 9.59 Å². The number of imidazole rings is 1. The van der Waals surface area contributed by atoms with Crippen LogP contribution in [0.2, 0.25) is 0 Å². The molecule has 142 valence electrons. The van der Waals surface area contributed by atoms with Crippen LogP contribution in [0, 0.1) is 5.92 Å². The van der Waals surface area contributed by atoms with E-state index < -0.39 is 0 Å². The molecular weight excluding hydrogens is 342 g/mol. The highest BCUT2D eigenvalue weighted by Gasteiger charge is 2.37. The van der Waals surface area contributed by atoms with Gasteiger partial charge in [0.2, 0.25) is 11.8 Å². The molecule has 2 aliphatic rings. The number of carbonyl (C=O) groups is 2. The number of hydrogen-bond acceptors (Lipinski definition) is 4. The molecule has 27 heavy (non-hydrogen) atoms. The van der Waals surface area contributed by atoms with Gasteiger partial charge in [0.25, 0.3) is 0 Å². The first-order valence-corrected chi connectivity index (χ1v) is 9.54. The molecule has 0 N–H and O–H groups in total. The average Bonchev–Trinajstić information content (AvgIpc) is 3.28. The minimum atomic E-state index is -0.223. The van der Waals surface area contributed by atoms with E-state index in [1.165, 1.54) is 0 Å². The van der Waals surface area contributed by atoms with Crippen molar-refractivity contribution in [3.63, 3.8) is 0 Å². The Morgan fingerprint density at radius 3 is 2.74 bits per heavy atom. The first-order chi connectivity index (χ1) is 13.1. The summed E-state index contributed by atoms with van der Waals surface area (Å²) in [7, 11) is 2.01. The molecule has 4 rings (SSSR count). The molecule has 0 radical (unpaired) electrons. The molecule has 0 spiro atoms. The number of likely N-dealkylation sites (tertiary alicyclic amines) is 2. The van der Waals surface area contributed by atoms with Crippen LogP contribution >= 0.6 is 0 Å². The van der Waals surface area contributed by atoms with Gasteiger partial charge in [-0.15, -0.1) is 0 Å². The van der Waals surface area contributed by atoms with Gasteiger partial charge in [0, 0.05) is 70.4 Å². The average molecular weight is 367 g/mol. The second kappa shape index (κ2) is 7.50. The van der Waals surface area contributed by atoms with Crippen molar-refractivity contribution in [3.8, 4) is 0 Å². The number of piperidine rings is 1. The predicted octanol–water partition coefficient (Wildman–Crippen LogP) is 1.57. The molecule has 2 amide bonds. The zero-order chi connectivity index (χ0) is 18.8. The minimum absolute atomic E-state index is 0.0556. The Bertz CT molecular complexity index is 811. The molecule has 0 unspecified atom stereocenters. The van der Waals surface area contributed by atoms with Gasteiger partial charge in [0.1, 0.15) is 5.82 Å². The highest BCUT2D eigenvalue weighted by Crippen LogP contribution is 2.29. The van der Waals surface area contributed by atoms with Crippen LogP contribution in [0.25, 0.3) is 0 Å². The molecule has 4 heterocycles. The van der Waals surface area contributed by atoms with E-state index in [1.807, 2.05) is 36.5 Å². The quantitative estimate of drug-likeness (QED) is 0.822. The lowest BCUT2D eigenvalue weighted by Gasteiger charge is -2.33. The first-order valence-electron chi connectivity index (χ1n) is 9.54. The summed E-state index contributed by atoms with van der Waals surface area (Å²) >= 11 is 0. The van der Waals surface area contributed by atoms with Crippen molar-refractivity contribution in [2.24, 2.45) is 13.0 Å². The Labute approximate surface area is 159 Å². The summed E-state index contributed by atoms with van der Waals surface area (Å²) in [5.41, 5.74) is 0.995. The third-order valence-corrected chi connectivity index (χ3v) is 5.69. The predicted molar refractivity (Wildman–Crippen MR) is 99.5 cm³/mol. The summed E-state index contributed by atoms with van der Waals surface area (Å²) in [6.07, 6.45) is 9.45. The summed E-state index contributed by atoms with van der Waals surface area (Å²) in [5, 5.41) is 0. The van der Waals surface area contributed by atoms with E-state index in [4.69, 9.17) is 0 Å². The van der Waals surface area contributed by atoms with E-state index >= 15 is 0 Å². The van der Waals surface area contributed by atoms with Crippen LogP contribution in [0.3, 0.4) is 0 Å². The maximum Gasteiger partial charge on any atom is 0.227 e. The number of amides is 2. The molecule has 2 saturated heterocycles. The van der Waals surface area contributed by atoms with Gasteiger partial charge >= 0.3 is 0 Å². The lowest BCUT2D eigenvalue weighted by molar-refractivity contribution is -0.136. The monoisotopic (exact) mass is 367 g/mol. The third kappa shape index (κ3) is 3.72. The van der Waals surface area contributed by atoms with Gasteiger partial charge in [0.15, 0.2) is 0 Å². The molecule has 0 bridgehead atoms. The lowest BCUT2D eigenvalue weighted by Crippen LogP contribution is -2.42. The van der Waals surface area contributed by atoms with Gasteiger partial charge in [-0.05, 0) is 24.5 Å². The maximum atomic E-state index is 12.9. The van der Waals surface area contributed by atoms with Crippen LogP contribution in [0.15, 0.2) is 36.9 Å². The Hall–Kier alpha value is -2.70. The molecule has 0 saturated carbocycles. The highest BCUT2D eigenvalue weighted by atomic mass is 16.2. The molecule has 2 aromatic heterocycles. The topological polar surface area (TPSA) is 71.3 Å². The Balaban J connectivity index is 1.33. The normalized spacial score (nSPS) is 21.1. The number of rotatable bonds is 4. The Kier molecular flexibility index (Phi) is 4.92. The molecule has 0 aliphatic carbocycles. The van der Waals surface area contributed by atoms with E-state index in [0.29, 0.717) is 25.4 Å². The van der Waals surface area contributed by atoms with Crippen LogP contribution in [0.1, 0.15) is 36.6 Å². The van der Waals surface area contributed by atoms with Crippen molar-refractivity contribution in [1.82, 2.24) is 24.3 Å². The van der Waals surface area contributed by atoms with Crippen LogP contribution < -0.4 is 0 Å². The van der Waals surface area contributed by atoms with Crippen molar-refractivity contribution < 1.29 is 9.59 Å². The smallest absolute Gasteiger partial charge is 0.227 e. The second-order valence-corrected chi connectivity index (χ2v) is 7.53. The Morgan fingerprint density at radius 1 is 1.26 bits per heavy atom. The zero-order valence-electron chi connectivity index (χ0n) is 15.6. The second-order valence-electron chi connectivity index (χ2n) is 7.53. The number of aromatic nitrogens is 3. The molecular formula is C20H25N5O2. The van der Waals surface area contributed by atoms with Gasteiger partial charge in [-0.2, -0.15) is 0 Å². The lowest BCUT2D eigenvalue weighted by atomic mass is 9.94. The van der Waals surface area contributed by atoms with E-state index in [1.54, 1.807) is 17.3 Å². The summed E-state index contributed by atoms with van der Waals surface area (Å²) < 4.78 is 2.06. The van der Waals surface area contributed by atoms with Crippen LogP contribution in [0.4, 0.5) is 0 Å². The van der Waals surface area contributed by atoms with Gasteiger partial charge in [-0.1, -0.05) is 6.07 Å². The molecule has 7 nitrogen and oxygen atoms in total. The number of hydrogen-bond donors (Lipinski definition) is 0. The summed E-state index contributed by atoms with van der Waals surface area (Å²) in [4.78, 5) is 37.5. The van der Waals surface area contributed by atoms with Crippen LogP contribution in [-0.4, -0.2) is 55.8 Å². The number of nitrogens with zero attached hydrogens (tertiary/aromatic N) is 5. The van der Waals surface area contributed by atoms with Crippen molar-refractivity contribution in [1.29, 1.82) is 0 Å². The summed E-state index contributed by atoms with van der Waals surface area (Å²) in [5.74, 6) is 1.46. The van der Waals surface area contributed by atoms with E-state index in [-0.39, 0.29) is 17.7 Å². The van der Waals surface area contributed by atoms with Gasteiger partial charge in [0.05, 0.1) is 5.92 Å². The molecule has 2 aliphatic heterocycles. The summed E-state index contributed by atoms with van der Waals surface area (Å²) in [6.45, 7) is 2.51. The number of carbonyl (C=O) groups excluding carboxylic acids is 2. The van der Waals surface area contributed by atoms with Crippen LogP contribution in [0.5, 0.6) is 0 Å². The van der Waals surface area contributed by atoms with Crippen molar-refractivity contribution in [2.45, 2.75) is 31.7 Å². The van der Waals surface area contributed by atoms with E-state index in [2.05, 4.69) is 14.5 Å². The van der Waals surface area contributed by atoms with Gasteiger partial charge < -0.3 is 14.4 Å². The van der Waals surface area contributed by atoms with Crippen molar-refractivity contribution in [2.75, 3.05) is 19.6 Å². The largest absolute Gasteiger partial charge is 0.342 e. The van der Waals surface area contributed by atoms with Crippen LogP contribution in [-0.2, 0) is 23.2 Å². The SMILES string of the molecule is Cn1ccnc1C1CCN(C(=O)[C@H]2CC(=O)N(Cc3cccnc3)C2)CC1. The molecule has 0 aromatic carbocycles.